The lowest BCUT2D eigenvalue weighted by atomic mass is 10.0. The van der Waals surface area contributed by atoms with Gasteiger partial charge in [0.1, 0.15) is 6.80 Å². The van der Waals surface area contributed by atoms with Gasteiger partial charge in [-0.3, -0.25) is 5.32 Å². The number of rotatable bonds is 4. The Morgan fingerprint density at radius 1 is 0.500 bits per heavy atom. The molecule has 2 aromatic rings. The van der Waals surface area contributed by atoms with Crippen molar-refractivity contribution >= 4 is 0 Å². The molecule has 0 aliphatic heterocycles. The summed E-state index contributed by atoms with van der Waals surface area (Å²) in [5.41, 5.74) is -4.52. The maximum atomic E-state index is 13.4. The highest BCUT2D eigenvalue weighted by Gasteiger charge is 2.34. The molecule has 28 heavy (non-hydrogen) atoms. The largest absolute Gasteiger partial charge is 0.290 e. The number of benzene rings is 2. The fourth-order valence-electron chi connectivity index (χ4n) is 1.89. The van der Waals surface area contributed by atoms with Crippen molar-refractivity contribution in [2.75, 3.05) is 13.3 Å². The topological polar surface area (TPSA) is 12.0 Å². The molecule has 1 N–H and O–H groups in total. The summed E-state index contributed by atoms with van der Waals surface area (Å²) in [6, 6.07) is 0. The Bertz CT molecular complexity index is 737. The molecule has 12 heteroatoms. The maximum absolute atomic E-state index is 13.4. The second-order valence-corrected chi connectivity index (χ2v) is 5.02. The van der Waals surface area contributed by atoms with Crippen molar-refractivity contribution in [1.82, 2.24) is 5.32 Å². The first-order chi connectivity index (χ1) is 13.0. The lowest BCUT2D eigenvalue weighted by Crippen LogP contribution is -2.11. The summed E-state index contributed by atoms with van der Waals surface area (Å²) in [4.78, 5) is 0. The van der Waals surface area contributed by atoms with Gasteiger partial charge in [0.05, 0.1) is 11.1 Å². The fourth-order valence-corrected chi connectivity index (χ4v) is 1.89. The van der Waals surface area contributed by atoms with Gasteiger partial charge < -0.3 is 0 Å². The lowest BCUT2D eigenvalue weighted by Gasteiger charge is -2.11. The van der Waals surface area contributed by atoms with E-state index in [2.05, 4.69) is 5.32 Å². The lowest BCUT2D eigenvalue weighted by molar-refractivity contribution is 0.370. The van der Waals surface area contributed by atoms with Crippen LogP contribution in [-0.4, -0.2) is 13.3 Å². The van der Waals surface area contributed by atoms with Gasteiger partial charge in [0.25, 0.3) is 0 Å². The van der Waals surface area contributed by atoms with Crippen molar-refractivity contribution in [3.05, 3.63) is 58.2 Å². The molecule has 2 rings (SSSR count). The smallest absolute Gasteiger partial charge is 0.200 e. The Kier molecular flexibility index (Phi) is 8.21. The van der Waals surface area contributed by atoms with Crippen LogP contribution < -0.4 is 5.32 Å². The molecule has 0 bridgehead atoms. The van der Waals surface area contributed by atoms with E-state index in [1.165, 1.54) is 0 Å². The third-order valence-electron chi connectivity index (χ3n) is 3.19. The second-order valence-electron chi connectivity index (χ2n) is 5.02. The summed E-state index contributed by atoms with van der Waals surface area (Å²) in [6.07, 6.45) is 1.00. The minimum atomic E-state index is -2.68. The van der Waals surface area contributed by atoms with Crippen LogP contribution >= 0.6 is 0 Å². The Balaban J connectivity index is 0.000000568. The normalized spacial score (nSPS) is 10.7. The summed E-state index contributed by atoms with van der Waals surface area (Å²) >= 11 is 0. The van der Waals surface area contributed by atoms with Gasteiger partial charge >= 0.3 is 0 Å². The van der Waals surface area contributed by atoms with Crippen LogP contribution in [0.25, 0.3) is 11.1 Å². The zero-order chi connectivity index (χ0) is 21.8. The molecule has 0 saturated heterocycles. The van der Waals surface area contributed by atoms with Gasteiger partial charge in [-0.05, 0) is 13.0 Å². The summed E-state index contributed by atoms with van der Waals surface area (Å²) in [6.45, 7) is 2.40. The molecule has 0 aliphatic rings. The van der Waals surface area contributed by atoms with Crippen molar-refractivity contribution in [2.45, 2.75) is 13.3 Å². The molecule has 0 heterocycles. The molecule has 2 aromatic carbocycles. The molecular weight excluding hydrogens is 415 g/mol. The summed E-state index contributed by atoms with van der Waals surface area (Å²) < 4.78 is 142. The number of hydrogen-bond acceptors (Lipinski definition) is 1. The quantitative estimate of drug-likeness (QED) is 0.219. The van der Waals surface area contributed by atoms with Gasteiger partial charge in [-0.2, -0.15) is 0 Å². The van der Waals surface area contributed by atoms with Crippen LogP contribution in [0.15, 0.2) is 0 Å². The van der Waals surface area contributed by atoms with Crippen LogP contribution in [0.4, 0.5) is 48.3 Å². The molecule has 0 saturated carbocycles. The third-order valence-corrected chi connectivity index (χ3v) is 3.19. The Labute approximate surface area is 150 Å². The Morgan fingerprint density at radius 3 is 0.929 bits per heavy atom. The molecule has 1 nitrogen and oxygen atoms in total. The van der Waals surface area contributed by atoms with Crippen LogP contribution in [0.1, 0.15) is 13.3 Å². The van der Waals surface area contributed by atoms with Crippen LogP contribution in [0, 0.1) is 58.2 Å². The van der Waals surface area contributed by atoms with E-state index in [4.69, 9.17) is 0 Å². The molecule has 0 amide bonds. The monoisotopic (exact) mass is 425 g/mol. The third kappa shape index (κ3) is 4.37. The van der Waals surface area contributed by atoms with E-state index in [1.807, 2.05) is 6.92 Å². The average molecular weight is 425 g/mol. The second kappa shape index (κ2) is 9.71. The number of halogens is 11. The summed E-state index contributed by atoms with van der Waals surface area (Å²) in [5, 5.41) is 2.53. The highest BCUT2D eigenvalue weighted by Crippen LogP contribution is 2.37. The molecule has 0 atom stereocenters. The summed E-state index contributed by atoms with van der Waals surface area (Å²) in [5.74, 6) is -26.6. The number of alkyl halides is 1. The van der Waals surface area contributed by atoms with Crippen LogP contribution in [0.3, 0.4) is 0 Å². The SMILES string of the molecule is CCCNCF.Fc1c(F)c(F)c(-c2c(F)c(F)c(F)c(F)c2F)c(F)c1F. The first-order valence-electron chi connectivity index (χ1n) is 7.32. The molecule has 0 spiro atoms. The molecular formula is C16H10F11N. The van der Waals surface area contributed by atoms with Gasteiger partial charge in [-0.15, -0.1) is 0 Å². The average Bonchev–Trinajstić information content (AvgIpc) is 2.69. The van der Waals surface area contributed by atoms with E-state index in [9.17, 15) is 48.3 Å². The van der Waals surface area contributed by atoms with Gasteiger partial charge in [-0.25, -0.2) is 48.3 Å². The van der Waals surface area contributed by atoms with Gasteiger partial charge in [0, 0.05) is 0 Å². The van der Waals surface area contributed by atoms with Crippen LogP contribution in [0.2, 0.25) is 0 Å². The molecule has 0 aliphatic carbocycles. The fraction of sp³-hybridized carbons (Fsp3) is 0.250. The minimum Gasteiger partial charge on any atom is -0.290 e. The first-order valence-corrected chi connectivity index (χ1v) is 7.32. The summed E-state index contributed by atoms with van der Waals surface area (Å²) in [7, 11) is 0. The molecule has 156 valence electrons. The van der Waals surface area contributed by atoms with Gasteiger partial charge in [0.2, 0.25) is 11.6 Å². The van der Waals surface area contributed by atoms with E-state index < -0.39 is 76.1 Å². The zero-order valence-corrected chi connectivity index (χ0v) is 13.8. The molecule has 0 fully saturated rings. The van der Waals surface area contributed by atoms with Gasteiger partial charge in [0.15, 0.2) is 46.5 Å². The standard InChI is InChI=1S/C12F10.C4H10FN/c13-3-1(4(14)8(18)11(21)7(3)17)2-5(15)9(19)12(22)10(20)6(2)16;1-2-3-6-4-5/h;6H,2-4H2,1H3. The van der Waals surface area contributed by atoms with Crippen molar-refractivity contribution in [3.8, 4) is 11.1 Å². The Morgan fingerprint density at radius 2 is 0.750 bits per heavy atom. The maximum Gasteiger partial charge on any atom is 0.200 e. The van der Waals surface area contributed by atoms with Crippen LogP contribution in [-0.2, 0) is 0 Å². The van der Waals surface area contributed by atoms with Crippen LogP contribution in [0.5, 0.6) is 0 Å². The molecule has 0 radical (unpaired) electrons. The minimum absolute atomic E-state index is 0.395. The van der Waals surface area contributed by atoms with Crippen molar-refractivity contribution < 1.29 is 48.3 Å². The molecule has 0 aromatic heterocycles. The zero-order valence-electron chi connectivity index (χ0n) is 13.8. The molecule has 0 unspecified atom stereocenters. The number of nitrogens with one attached hydrogen (secondary N) is 1. The van der Waals surface area contributed by atoms with Crippen molar-refractivity contribution in [3.63, 3.8) is 0 Å². The highest BCUT2D eigenvalue weighted by atomic mass is 19.2. The van der Waals surface area contributed by atoms with E-state index in [0.29, 0.717) is 0 Å². The van der Waals surface area contributed by atoms with Crippen molar-refractivity contribution in [1.29, 1.82) is 0 Å². The predicted molar refractivity (Wildman–Crippen MR) is 75.7 cm³/mol. The Hall–Kier alpha value is -2.37. The predicted octanol–water partition coefficient (Wildman–Crippen LogP) is 5.66. The van der Waals surface area contributed by atoms with E-state index in [-0.39, 0.29) is 0 Å². The van der Waals surface area contributed by atoms with E-state index in [0.717, 1.165) is 13.0 Å². The first kappa shape index (κ1) is 23.7. The van der Waals surface area contributed by atoms with E-state index in [1.54, 1.807) is 0 Å². The highest BCUT2D eigenvalue weighted by molar-refractivity contribution is 5.67. The number of hydrogen-bond donors (Lipinski definition) is 1. The van der Waals surface area contributed by atoms with E-state index >= 15 is 0 Å². The van der Waals surface area contributed by atoms with Crippen molar-refractivity contribution in [2.24, 2.45) is 0 Å². The van der Waals surface area contributed by atoms with Gasteiger partial charge in [-0.1, -0.05) is 6.92 Å².